The van der Waals surface area contributed by atoms with E-state index in [0.717, 1.165) is 28.7 Å². The van der Waals surface area contributed by atoms with E-state index < -0.39 is 13.0 Å². The van der Waals surface area contributed by atoms with E-state index in [9.17, 15) is 19.7 Å². The average molecular weight is 444 g/mol. The molecule has 1 aromatic rings. The fraction of sp³-hybridized carbons (Fsp3) is 0.478. The number of carbonyl (C=O) groups is 2. The third-order valence-corrected chi connectivity index (χ3v) is 7.19. The third-order valence-electron chi connectivity index (χ3n) is 6.86. The summed E-state index contributed by atoms with van der Waals surface area (Å²) in [6, 6.07) is 4.88. The van der Waals surface area contributed by atoms with Gasteiger partial charge in [0.2, 0.25) is 11.8 Å². The Hall–Kier alpha value is -2.09. The van der Waals surface area contributed by atoms with Crippen LogP contribution < -0.4 is 0 Å². The number of hydrogen-bond donors (Lipinski definition) is 2. The van der Waals surface area contributed by atoms with E-state index in [-0.39, 0.29) is 35.5 Å². The van der Waals surface area contributed by atoms with Crippen LogP contribution in [0.2, 0.25) is 11.3 Å². The molecular weight excluding hydrogens is 417 g/mol. The number of phenols is 1. The zero-order valence-corrected chi connectivity index (χ0v) is 18.7. The van der Waals surface area contributed by atoms with Crippen molar-refractivity contribution < 1.29 is 24.4 Å². The van der Waals surface area contributed by atoms with Crippen molar-refractivity contribution in [3.63, 3.8) is 0 Å². The second kappa shape index (κ2) is 8.45. The molecule has 2 amide bonds. The minimum atomic E-state index is -0.949. The number of carbonyl (C=O) groups excluding carboxylic acids is 2. The Balaban J connectivity index is 1.54. The Kier molecular flexibility index (Phi) is 6.03. The largest absolute Gasteiger partial charge is 0.508 e. The maximum Gasteiger partial charge on any atom is 0.455 e. The molecule has 0 saturated carbocycles. The first-order valence-corrected chi connectivity index (χ1v) is 11.0. The Bertz CT molecular complexity index is 990. The second-order valence-corrected chi connectivity index (χ2v) is 9.37. The van der Waals surface area contributed by atoms with Crippen molar-refractivity contribution in [1.82, 2.24) is 4.90 Å². The van der Waals surface area contributed by atoms with Crippen molar-refractivity contribution in [2.75, 3.05) is 7.05 Å². The number of fused-ring (bicyclic) bond motifs is 3. The van der Waals surface area contributed by atoms with E-state index in [1.807, 2.05) is 19.9 Å². The van der Waals surface area contributed by atoms with Gasteiger partial charge in [-0.3, -0.25) is 14.5 Å². The number of phenolic OH excluding ortho intramolecular Hbond substituents is 1. The van der Waals surface area contributed by atoms with E-state index >= 15 is 0 Å². The molecule has 2 fully saturated rings. The number of amides is 2. The summed E-state index contributed by atoms with van der Waals surface area (Å²) in [6.45, 7) is 4.02. The predicted octanol–water partition coefficient (Wildman–Crippen LogP) is 3.68. The number of nitrogens with zero attached hydrogens (tertiary/aromatic N) is 1. The highest BCUT2D eigenvalue weighted by Crippen LogP contribution is 2.50. The van der Waals surface area contributed by atoms with Crippen molar-refractivity contribution in [2.24, 2.45) is 17.8 Å². The van der Waals surface area contributed by atoms with E-state index in [2.05, 4.69) is 0 Å². The molecule has 0 radical (unpaired) electrons. The minimum absolute atomic E-state index is 0.115. The summed E-state index contributed by atoms with van der Waals surface area (Å²) in [5, 5.41) is 20.4. The molecule has 2 N–H and O–H groups in total. The molecule has 31 heavy (non-hydrogen) atoms. The summed E-state index contributed by atoms with van der Waals surface area (Å²) in [6.07, 6.45) is 3.98. The molecule has 0 aromatic heterocycles. The molecule has 1 aromatic carbocycles. The van der Waals surface area contributed by atoms with Crippen molar-refractivity contribution >= 4 is 36.6 Å². The first-order chi connectivity index (χ1) is 14.7. The van der Waals surface area contributed by atoms with Gasteiger partial charge in [0.25, 0.3) is 0 Å². The molecule has 4 rings (SSSR count). The Labute approximate surface area is 187 Å². The second-order valence-electron chi connectivity index (χ2n) is 8.96. The Morgan fingerprint density at radius 1 is 1.32 bits per heavy atom. The molecule has 8 heteroatoms. The zero-order chi connectivity index (χ0) is 22.4. The summed E-state index contributed by atoms with van der Waals surface area (Å²) in [7, 11) is 0.600. The highest BCUT2D eigenvalue weighted by molar-refractivity contribution is 6.43. The molecule has 3 aliphatic rings. The number of rotatable bonds is 4. The molecule has 1 aliphatic carbocycles. The zero-order valence-electron chi connectivity index (χ0n) is 18.0. The van der Waals surface area contributed by atoms with E-state index in [4.69, 9.17) is 16.3 Å². The first kappa shape index (κ1) is 22.1. The summed E-state index contributed by atoms with van der Waals surface area (Å²) in [5.74, 6) is -1.02. The van der Waals surface area contributed by atoms with Crippen LogP contribution in [-0.2, 0) is 14.2 Å². The lowest BCUT2D eigenvalue weighted by molar-refractivity contribution is -0.138. The van der Waals surface area contributed by atoms with Gasteiger partial charge in [-0.2, -0.15) is 0 Å². The predicted molar refractivity (Wildman–Crippen MR) is 119 cm³/mol. The van der Waals surface area contributed by atoms with Crippen LogP contribution in [0, 0.1) is 17.8 Å². The topological polar surface area (TPSA) is 87.1 Å². The van der Waals surface area contributed by atoms with Crippen molar-refractivity contribution in [3.05, 3.63) is 45.5 Å². The fourth-order valence-electron chi connectivity index (χ4n) is 5.41. The molecule has 2 saturated heterocycles. The monoisotopic (exact) mass is 443 g/mol. The lowest BCUT2D eigenvalue weighted by Crippen LogP contribution is -2.45. The molecule has 6 nitrogen and oxygen atoms in total. The summed E-state index contributed by atoms with van der Waals surface area (Å²) in [4.78, 5) is 26.5. The van der Waals surface area contributed by atoms with Gasteiger partial charge >= 0.3 is 7.12 Å². The highest BCUT2D eigenvalue weighted by atomic mass is 35.5. The van der Waals surface area contributed by atoms with Crippen LogP contribution in [0.25, 0.3) is 6.08 Å². The maximum absolute atomic E-state index is 12.8. The molecular formula is C23H27BClNO5. The number of likely N-dealkylation sites (tertiary alicyclic amines) is 1. The van der Waals surface area contributed by atoms with Gasteiger partial charge in [0.05, 0.1) is 23.0 Å². The number of hydrogen-bond acceptors (Lipinski definition) is 5. The van der Waals surface area contributed by atoms with Crippen LogP contribution in [0.1, 0.15) is 38.7 Å². The SMILES string of the molecule is CC1=C2[C@@H](CC/C(C)=C/c3ccc(O)cc3Cl)OB(O)C[C@@H]2[C@@H]2C(=O)N(C)C(=O)[C@@H]2C1. The van der Waals surface area contributed by atoms with Crippen LogP contribution >= 0.6 is 11.6 Å². The quantitative estimate of drug-likeness (QED) is 0.421. The molecule has 164 valence electrons. The van der Waals surface area contributed by atoms with E-state index in [0.29, 0.717) is 24.2 Å². The summed E-state index contributed by atoms with van der Waals surface area (Å²) in [5.41, 5.74) is 4.10. The van der Waals surface area contributed by atoms with Gasteiger partial charge in [0.1, 0.15) is 5.75 Å². The van der Waals surface area contributed by atoms with Gasteiger partial charge in [-0.05, 0) is 74.7 Å². The molecule has 0 bridgehead atoms. The third kappa shape index (κ3) is 4.06. The first-order valence-electron chi connectivity index (χ1n) is 10.7. The van der Waals surface area contributed by atoms with Gasteiger partial charge in [-0.1, -0.05) is 28.8 Å². The smallest absolute Gasteiger partial charge is 0.455 e. The number of allylic oxidation sites excluding steroid dienone is 2. The maximum atomic E-state index is 12.8. The summed E-state index contributed by atoms with van der Waals surface area (Å²) >= 11 is 6.21. The molecule has 2 heterocycles. The average Bonchev–Trinajstić information content (AvgIpc) is 2.92. The van der Waals surface area contributed by atoms with Crippen molar-refractivity contribution in [1.29, 1.82) is 0 Å². The number of imide groups is 1. The van der Waals surface area contributed by atoms with Crippen LogP contribution in [0.5, 0.6) is 5.75 Å². The van der Waals surface area contributed by atoms with E-state index in [1.54, 1.807) is 19.2 Å². The van der Waals surface area contributed by atoms with Crippen LogP contribution in [0.15, 0.2) is 34.9 Å². The van der Waals surface area contributed by atoms with Gasteiger partial charge in [-0.15, -0.1) is 0 Å². The Morgan fingerprint density at radius 3 is 2.77 bits per heavy atom. The molecule has 0 unspecified atom stereocenters. The van der Waals surface area contributed by atoms with Crippen LogP contribution in [-0.4, -0.2) is 47.1 Å². The van der Waals surface area contributed by atoms with Crippen molar-refractivity contribution in [3.8, 4) is 5.75 Å². The van der Waals surface area contributed by atoms with Crippen molar-refractivity contribution in [2.45, 2.75) is 45.5 Å². The molecule has 2 aliphatic heterocycles. The van der Waals surface area contributed by atoms with Crippen LogP contribution in [0.4, 0.5) is 0 Å². The Morgan fingerprint density at radius 2 is 2.06 bits per heavy atom. The highest BCUT2D eigenvalue weighted by Gasteiger charge is 2.55. The number of halogens is 1. The van der Waals surface area contributed by atoms with E-state index in [1.165, 1.54) is 11.0 Å². The molecule has 0 spiro atoms. The van der Waals surface area contributed by atoms with Gasteiger partial charge < -0.3 is 14.8 Å². The molecule has 4 atom stereocenters. The van der Waals surface area contributed by atoms with Gasteiger partial charge in [-0.25, -0.2) is 0 Å². The standard InChI is InChI=1S/C23H27BClNO5/c1-12(8-14-5-6-15(27)10-18(14)25)4-7-19-20-13(2)9-16-21(17(20)11-24(30)31-19)23(29)26(3)22(16)28/h5-6,8,10,16-17,19,21,27,30H,4,7,9,11H2,1-3H3/b12-8+/t16-,17+,19-,21-/m1/s1. The summed E-state index contributed by atoms with van der Waals surface area (Å²) < 4.78 is 5.91. The minimum Gasteiger partial charge on any atom is -0.508 e. The van der Waals surface area contributed by atoms with Crippen LogP contribution in [0.3, 0.4) is 0 Å². The number of aromatic hydroxyl groups is 1. The number of benzene rings is 1. The lowest BCUT2D eigenvalue weighted by atomic mass is 9.59. The lowest BCUT2D eigenvalue weighted by Gasteiger charge is -2.42. The fourth-order valence-corrected chi connectivity index (χ4v) is 5.64. The van der Waals surface area contributed by atoms with Gasteiger partial charge in [0.15, 0.2) is 0 Å². The van der Waals surface area contributed by atoms with Gasteiger partial charge in [0, 0.05) is 7.05 Å². The normalized spacial score (nSPS) is 28.9.